The van der Waals surface area contributed by atoms with Crippen LogP contribution in [0.5, 0.6) is 11.5 Å². The van der Waals surface area contributed by atoms with Gasteiger partial charge < -0.3 is 42.7 Å². The molecule has 0 fully saturated rings. The number of hydrogen-bond donors (Lipinski definition) is 8. The molecule has 37 heavy (non-hydrogen) atoms. The van der Waals surface area contributed by atoms with Gasteiger partial charge in [-0.3, -0.25) is 24.0 Å². The van der Waals surface area contributed by atoms with Gasteiger partial charge in [-0.25, -0.2) is 0 Å². The van der Waals surface area contributed by atoms with Gasteiger partial charge in [-0.05, 0) is 41.8 Å². The third kappa shape index (κ3) is 9.85. The van der Waals surface area contributed by atoms with Crippen molar-refractivity contribution < 1.29 is 39.3 Å². The Hall–Kier alpha value is -4.65. The van der Waals surface area contributed by atoms with Crippen LogP contribution in [0.4, 0.5) is 0 Å². The molecule has 2 aromatic rings. The smallest absolute Gasteiger partial charge is 0.322 e. The molecule has 2 aromatic carbocycles. The van der Waals surface area contributed by atoms with Crippen molar-refractivity contribution in [3.63, 3.8) is 0 Å². The predicted molar refractivity (Wildman–Crippen MR) is 130 cm³/mol. The van der Waals surface area contributed by atoms with Crippen LogP contribution in [0.25, 0.3) is 0 Å². The average Bonchev–Trinajstić information content (AvgIpc) is 2.83. The van der Waals surface area contributed by atoms with Crippen LogP contribution in [0.15, 0.2) is 48.5 Å². The summed E-state index contributed by atoms with van der Waals surface area (Å²) in [4.78, 5) is 60.7. The summed E-state index contributed by atoms with van der Waals surface area (Å²) >= 11 is 0. The first-order chi connectivity index (χ1) is 17.4. The highest BCUT2D eigenvalue weighted by Crippen LogP contribution is 2.13. The van der Waals surface area contributed by atoms with Crippen LogP contribution < -0.4 is 27.4 Å². The van der Waals surface area contributed by atoms with Crippen molar-refractivity contribution in [3.8, 4) is 11.5 Å². The molecule has 198 valence electrons. The fourth-order valence-corrected chi connectivity index (χ4v) is 3.30. The van der Waals surface area contributed by atoms with E-state index in [0.29, 0.717) is 11.1 Å². The summed E-state index contributed by atoms with van der Waals surface area (Å²) in [5.41, 5.74) is 12.3. The highest BCUT2D eigenvalue weighted by molar-refractivity contribution is 5.96. The maximum Gasteiger partial charge on any atom is 0.322 e. The van der Waals surface area contributed by atoms with Crippen LogP contribution in [-0.4, -0.2) is 69.6 Å². The molecule has 3 unspecified atom stereocenters. The maximum atomic E-state index is 13.0. The maximum absolute atomic E-state index is 13.0. The lowest BCUT2D eigenvalue weighted by molar-refractivity contribution is -0.138. The number of phenols is 2. The van der Waals surface area contributed by atoms with Gasteiger partial charge in [-0.15, -0.1) is 0 Å². The van der Waals surface area contributed by atoms with E-state index in [0.717, 1.165) is 0 Å². The van der Waals surface area contributed by atoms with Crippen LogP contribution >= 0.6 is 0 Å². The van der Waals surface area contributed by atoms with E-state index >= 15 is 0 Å². The largest absolute Gasteiger partial charge is 0.508 e. The number of carboxylic acid groups (broad SMARTS) is 1. The Morgan fingerprint density at radius 2 is 1.22 bits per heavy atom. The van der Waals surface area contributed by atoms with Gasteiger partial charge in [-0.2, -0.15) is 0 Å². The highest BCUT2D eigenvalue weighted by atomic mass is 16.4. The summed E-state index contributed by atoms with van der Waals surface area (Å²) in [5, 5.41) is 34.6. The zero-order chi connectivity index (χ0) is 27.5. The van der Waals surface area contributed by atoms with Gasteiger partial charge in [0.1, 0.15) is 30.1 Å². The minimum Gasteiger partial charge on any atom is -0.508 e. The molecule has 13 nitrogen and oxygen atoms in total. The Morgan fingerprint density at radius 3 is 1.70 bits per heavy atom. The monoisotopic (exact) mass is 515 g/mol. The number of rotatable bonds is 13. The van der Waals surface area contributed by atoms with Crippen LogP contribution in [0, 0.1) is 0 Å². The van der Waals surface area contributed by atoms with Gasteiger partial charge in [0.15, 0.2) is 0 Å². The molecule has 0 aromatic heterocycles. The molecular weight excluding hydrogens is 486 g/mol. The summed E-state index contributed by atoms with van der Waals surface area (Å²) < 4.78 is 0. The van der Waals surface area contributed by atoms with Crippen molar-refractivity contribution in [1.29, 1.82) is 0 Å². The van der Waals surface area contributed by atoms with Crippen LogP contribution in [-0.2, 0) is 36.8 Å². The zero-order valence-corrected chi connectivity index (χ0v) is 19.7. The van der Waals surface area contributed by atoms with Gasteiger partial charge in [0.2, 0.25) is 23.6 Å². The van der Waals surface area contributed by atoms with Crippen LogP contribution in [0.2, 0.25) is 0 Å². The number of amides is 4. The molecule has 0 saturated carbocycles. The quantitative estimate of drug-likeness (QED) is 0.151. The minimum atomic E-state index is -1.47. The second-order valence-electron chi connectivity index (χ2n) is 8.25. The fraction of sp³-hybridized carbons (Fsp3) is 0.292. The highest BCUT2D eigenvalue weighted by Gasteiger charge is 2.29. The molecule has 0 radical (unpaired) electrons. The molecule has 0 spiro atoms. The summed E-state index contributed by atoms with van der Waals surface area (Å²) in [6.07, 6.45) is -0.612. The molecule has 0 aliphatic heterocycles. The van der Waals surface area contributed by atoms with Crippen LogP contribution in [0.3, 0.4) is 0 Å². The van der Waals surface area contributed by atoms with E-state index in [1.807, 2.05) is 0 Å². The van der Waals surface area contributed by atoms with E-state index in [9.17, 15) is 34.2 Å². The molecule has 4 amide bonds. The number of phenolic OH excluding ortho intramolecular Hbond substituents is 2. The molecule has 0 heterocycles. The van der Waals surface area contributed by atoms with E-state index in [4.69, 9.17) is 16.6 Å². The van der Waals surface area contributed by atoms with Crippen molar-refractivity contribution in [2.45, 2.75) is 37.4 Å². The van der Waals surface area contributed by atoms with Crippen LogP contribution in [0.1, 0.15) is 17.5 Å². The van der Waals surface area contributed by atoms with E-state index < -0.39 is 60.7 Å². The normalized spacial score (nSPS) is 13.0. The van der Waals surface area contributed by atoms with Crippen molar-refractivity contribution >= 4 is 29.6 Å². The van der Waals surface area contributed by atoms with Crippen molar-refractivity contribution in [3.05, 3.63) is 59.7 Å². The second-order valence-corrected chi connectivity index (χ2v) is 8.25. The molecule has 2 rings (SSSR count). The molecule has 0 saturated heterocycles. The molecule has 0 bridgehead atoms. The number of aromatic hydroxyl groups is 2. The average molecular weight is 516 g/mol. The van der Waals surface area contributed by atoms with Gasteiger partial charge >= 0.3 is 5.97 Å². The third-order valence-corrected chi connectivity index (χ3v) is 5.19. The summed E-state index contributed by atoms with van der Waals surface area (Å²) in [7, 11) is 0. The Balaban J connectivity index is 2.14. The van der Waals surface area contributed by atoms with Crippen molar-refractivity contribution in [2.75, 3.05) is 6.54 Å². The number of carboxylic acids is 1. The number of primary amides is 1. The Labute approximate surface area is 211 Å². The lowest BCUT2D eigenvalue weighted by atomic mass is 10.0. The van der Waals surface area contributed by atoms with Gasteiger partial charge in [0.25, 0.3) is 0 Å². The molecule has 0 aliphatic rings. The number of benzene rings is 2. The van der Waals surface area contributed by atoms with Gasteiger partial charge in [0, 0.05) is 6.42 Å². The first kappa shape index (κ1) is 28.6. The molecule has 0 aliphatic carbocycles. The Bertz CT molecular complexity index is 1120. The number of hydrogen-bond acceptors (Lipinski definition) is 8. The minimum absolute atomic E-state index is 0.0208. The first-order valence-corrected chi connectivity index (χ1v) is 11.1. The van der Waals surface area contributed by atoms with Crippen molar-refractivity contribution in [1.82, 2.24) is 16.0 Å². The van der Waals surface area contributed by atoms with Gasteiger partial charge in [-0.1, -0.05) is 24.3 Å². The molecule has 10 N–H and O–H groups in total. The van der Waals surface area contributed by atoms with E-state index in [1.165, 1.54) is 36.4 Å². The van der Waals surface area contributed by atoms with E-state index in [-0.39, 0.29) is 24.3 Å². The SMILES string of the molecule is NC(=O)CC(NC(=O)C(N)Cc1ccc(O)cc1)C(=O)NC(Cc1ccc(O)cc1)C(=O)NCC(=O)O. The summed E-state index contributed by atoms with van der Waals surface area (Å²) in [6.45, 7) is -0.700. The number of nitrogens with two attached hydrogens (primary N) is 2. The summed E-state index contributed by atoms with van der Waals surface area (Å²) in [5.74, 6) is -4.69. The number of aliphatic carboxylic acids is 1. The number of carbonyl (C=O) groups is 5. The molecule has 3 atom stereocenters. The lowest BCUT2D eigenvalue weighted by Gasteiger charge is -2.23. The third-order valence-electron chi connectivity index (χ3n) is 5.19. The Morgan fingerprint density at radius 1 is 0.730 bits per heavy atom. The molecular formula is C24H29N5O8. The standard InChI is InChI=1S/C24H29N5O8/c25-17(9-13-1-5-15(30)6-2-13)22(35)28-19(11-20(26)32)24(37)29-18(23(36)27-12-21(33)34)10-14-3-7-16(31)8-4-14/h1-8,17-19,30-31H,9-12,25H2,(H2,26,32)(H,27,36)(H,28,35)(H,29,37)(H,33,34). The predicted octanol–water partition coefficient (Wildman–Crippen LogP) is -1.74. The van der Waals surface area contributed by atoms with Crippen molar-refractivity contribution in [2.24, 2.45) is 11.5 Å². The van der Waals surface area contributed by atoms with Gasteiger partial charge in [0.05, 0.1) is 12.5 Å². The first-order valence-electron chi connectivity index (χ1n) is 11.1. The number of carbonyl (C=O) groups excluding carboxylic acids is 4. The topological polar surface area (TPSA) is 234 Å². The zero-order valence-electron chi connectivity index (χ0n) is 19.7. The van der Waals surface area contributed by atoms with E-state index in [2.05, 4.69) is 16.0 Å². The second kappa shape index (κ2) is 13.4. The number of nitrogens with one attached hydrogen (secondary N) is 3. The summed E-state index contributed by atoms with van der Waals surface area (Å²) in [6, 6.07) is 7.87. The lowest BCUT2D eigenvalue weighted by Crippen LogP contribution is -2.57. The Kier molecular flexibility index (Phi) is 10.4. The van der Waals surface area contributed by atoms with E-state index in [1.54, 1.807) is 12.1 Å². The fourth-order valence-electron chi connectivity index (χ4n) is 3.30. The molecule has 13 heteroatoms.